The maximum Gasteiger partial charge on any atom is 0.332 e. The lowest BCUT2D eigenvalue weighted by molar-refractivity contribution is -0.147. The van der Waals surface area contributed by atoms with Crippen LogP contribution in [0.4, 0.5) is 4.79 Å². The molecule has 2 heterocycles. The molecule has 0 radical (unpaired) electrons. The van der Waals surface area contributed by atoms with Crippen molar-refractivity contribution < 1.29 is 23.5 Å². The molecule has 3 aliphatic rings. The Bertz CT molecular complexity index is 824. The van der Waals surface area contributed by atoms with Crippen molar-refractivity contribution in [3.05, 3.63) is 12.2 Å². The standard InChI is InChI=1S/C25H43N3O5Si/c1-8-32-22(30)25-16-18(25)13-11-9-10-12-14-27(5)21(29)20-15-19(17-28(20)23(31)26-25)33-34(6,7)24(2,3)4/h11,13,18-20H,8-10,12,14-17H2,1-7H3,(H,26,31)/t18-,19-,20+,25-/m1/s1. The first kappa shape index (κ1) is 26.7. The Balaban J connectivity index is 1.87. The van der Waals surface area contributed by atoms with Gasteiger partial charge in [-0.15, -0.1) is 0 Å². The van der Waals surface area contributed by atoms with Crippen LogP contribution in [-0.2, 0) is 18.8 Å². The molecule has 1 saturated heterocycles. The van der Waals surface area contributed by atoms with E-state index in [0.717, 1.165) is 19.3 Å². The first-order chi connectivity index (χ1) is 15.8. The normalized spacial score (nSPS) is 30.9. The van der Waals surface area contributed by atoms with E-state index in [2.05, 4.69) is 45.3 Å². The molecule has 0 aromatic rings. The van der Waals surface area contributed by atoms with E-state index in [-0.39, 0.29) is 29.6 Å². The third-order valence-electron chi connectivity index (χ3n) is 7.92. The molecule has 1 N–H and O–H groups in total. The lowest BCUT2D eigenvalue weighted by Crippen LogP contribution is -2.55. The Labute approximate surface area is 205 Å². The number of carbonyl (C=O) groups excluding carboxylic acids is 3. The number of esters is 1. The maximum absolute atomic E-state index is 13.5. The van der Waals surface area contributed by atoms with Gasteiger partial charge in [0.25, 0.3) is 0 Å². The molecule has 2 fully saturated rings. The molecule has 0 aromatic carbocycles. The molecule has 3 amide bonds. The number of likely N-dealkylation sites (N-methyl/N-ethyl adjacent to an activating group) is 1. The minimum Gasteiger partial charge on any atom is -0.464 e. The first-order valence-corrected chi connectivity index (χ1v) is 15.6. The van der Waals surface area contributed by atoms with Crippen molar-refractivity contribution in [3.8, 4) is 0 Å². The summed E-state index contributed by atoms with van der Waals surface area (Å²) in [6, 6.07) is -0.996. The van der Waals surface area contributed by atoms with Crippen LogP contribution in [0, 0.1) is 5.92 Å². The smallest absolute Gasteiger partial charge is 0.332 e. The number of urea groups is 1. The van der Waals surface area contributed by atoms with Crippen LogP contribution in [0.15, 0.2) is 12.2 Å². The van der Waals surface area contributed by atoms with Gasteiger partial charge in [-0.3, -0.25) is 4.79 Å². The summed E-state index contributed by atoms with van der Waals surface area (Å²) < 4.78 is 11.9. The van der Waals surface area contributed by atoms with Crippen LogP contribution in [0.25, 0.3) is 0 Å². The molecule has 1 aliphatic carbocycles. The highest BCUT2D eigenvalue weighted by atomic mass is 28.4. The summed E-state index contributed by atoms with van der Waals surface area (Å²) in [5, 5.41) is 3.00. The quantitative estimate of drug-likeness (QED) is 0.367. The number of hydrogen-bond donors (Lipinski definition) is 1. The van der Waals surface area contributed by atoms with Crippen molar-refractivity contribution in [1.82, 2.24) is 15.1 Å². The summed E-state index contributed by atoms with van der Waals surface area (Å²) in [7, 11) is -0.280. The second kappa shape index (κ2) is 10.0. The van der Waals surface area contributed by atoms with Crippen molar-refractivity contribution >= 4 is 26.2 Å². The fourth-order valence-corrected chi connectivity index (χ4v) is 6.00. The molecule has 192 valence electrons. The molecule has 0 unspecified atom stereocenters. The van der Waals surface area contributed by atoms with Crippen LogP contribution in [0.3, 0.4) is 0 Å². The molecule has 3 rings (SSSR count). The van der Waals surface area contributed by atoms with Gasteiger partial charge in [0.15, 0.2) is 8.32 Å². The van der Waals surface area contributed by atoms with Gasteiger partial charge in [-0.2, -0.15) is 0 Å². The molecular weight excluding hydrogens is 450 g/mol. The number of nitrogens with zero attached hydrogens (tertiary/aromatic N) is 2. The number of fused-ring (bicyclic) bond motifs is 2. The van der Waals surface area contributed by atoms with Gasteiger partial charge in [-0.05, 0) is 50.7 Å². The summed E-state index contributed by atoms with van der Waals surface area (Å²) in [5.74, 6) is -0.558. The van der Waals surface area contributed by atoms with Crippen LogP contribution in [0.5, 0.6) is 0 Å². The number of carbonyl (C=O) groups is 3. The van der Waals surface area contributed by atoms with Gasteiger partial charge in [-0.1, -0.05) is 32.9 Å². The maximum atomic E-state index is 13.5. The summed E-state index contributed by atoms with van der Waals surface area (Å²) >= 11 is 0. The molecule has 0 aromatic heterocycles. The van der Waals surface area contributed by atoms with Crippen LogP contribution >= 0.6 is 0 Å². The average molecular weight is 494 g/mol. The first-order valence-electron chi connectivity index (χ1n) is 12.7. The summed E-state index contributed by atoms with van der Waals surface area (Å²) in [5.41, 5.74) is -1.05. The van der Waals surface area contributed by atoms with Crippen LogP contribution < -0.4 is 5.32 Å². The fraction of sp³-hybridized carbons (Fsp3) is 0.800. The van der Waals surface area contributed by atoms with Gasteiger partial charge in [0.05, 0.1) is 12.7 Å². The molecule has 34 heavy (non-hydrogen) atoms. The number of ether oxygens (including phenoxy) is 1. The SMILES string of the molecule is CCOC(=O)[C@@]12C[C@H]1C=CCCCCN(C)C(=O)[C@@H]1C[C@@H](O[Si](C)(C)C(C)(C)C)CN1C(=O)N2. The van der Waals surface area contributed by atoms with Crippen LogP contribution in [-0.4, -0.2) is 80.5 Å². The second-order valence-corrected chi connectivity index (χ2v) is 16.3. The van der Waals surface area contributed by atoms with E-state index in [9.17, 15) is 14.4 Å². The minimum atomic E-state index is -2.08. The van der Waals surface area contributed by atoms with Crippen LogP contribution in [0.1, 0.15) is 59.8 Å². The van der Waals surface area contributed by atoms with E-state index in [4.69, 9.17) is 9.16 Å². The zero-order valence-electron chi connectivity index (χ0n) is 22.0. The van der Waals surface area contributed by atoms with Crippen molar-refractivity contribution in [2.45, 2.75) is 95.6 Å². The molecule has 4 atom stereocenters. The Kier molecular flexibility index (Phi) is 7.87. The largest absolute Gasteiger partial charge is 0.464 e. The zero-order chi connectivity index (χ0) is 25.3. The predicted molar refractivity (Wildman–Crippen MR) is 134 cm³/mol. The molecule has 0 spiro atoms. The lowest BCUT2D eigenvalue weighted by atomic mass is 10.1. The molecule has 1 saturated carbocycles. The monoisotopic (exact) mass is 493 g/mol. The topological polar surface area (TPSA) is 88.2 Å². The Hall–Kier alpha value is -1.87. The highest BCUT2D eigenvalue weighted by Gasteiger charge is 2.62. The second-order valence-electron chi connectivity index (χ2n) is 11.5. The molecule has 9 heteroatoms. The van der Waals surface area contributed by atoms with Crippen molar-refractivity contribution in [3.63, 3.8) is 0 Å². The van der Waals surface area contributed by atoms with Crippen molar-refractivity contribution in [2.24, 2.45) is 5.92 Å². The Morgan fingerprint density at radius 2 is 1.97 bits per heavy atom. The number of nitrogens with one attached hydrogen (secondary N) is 1. The molecule has 2 aliphatic heterocycles. The van der Waals surface area contributed by atoms with Gasteiger partial charge < -0.3 is 24.3 Å². The van der Waals surface area contributed by atoms with Gasteiger partial charge in [0.2, 0.25) is 5.91 Å². The van der Waals surface area contributed by atoms with E-state index in [1.807, 2.05) is 6.08 Å². The number of rotatable bonds is 4. The average Bonchev–Trinajstić information content (AvgIpc) is 3.27. The van der Waals surface area contributed by atoms with Gasteiger partial charge >= 0.3 is 12.0 Å². The highest BCUT2D eigenvalue weighted by Crippen LogP contribution is 2.46. The summed E-state index contributed by atoms with van der Waals surface area (Å²) in [6.07, 6.45) is 7.62. The van der Waals surface area contributed by atoms with Gasteiger partial charge in [0.1, 0.15) is 11.6 Å². The van der Waals surface area contributed by atoms with Gasteiger partial charge in [-0.25, -0.2) is 9.59 Å². The number of hydrogen-bond acceptors (Lipinski definition) is 5. The summed E-state index contributed by atoms with van der Waals surface area (Å²) in [6.45, 7) is 13.9. The molecular formula is C25H43N3O5Si. The van der Waals surface area contributed by atoms with Crippen molar-refractivity contribution in [2.75, 3.05) is 26.7 Å². The fourth-order valence-electron chi connectivity index (χ4n) is 4.64. The number of amides is 3. The third kappa shape index (κ3) is 5.51. The molecule has 0 bridgehead atoms. The van der Waals surface area contributed by atoms with Gasteiger partial charge in [0, 0.05) is 32.5 Å². The van der Waals surface area contributed by atoms with Crippen LogP contribution in [0.2, 0.25) is 18.1 Å². The van der Waals surface area contributed by atoms with E-state index in [1.165, 1.54) is 0 Å². The summed E-state index contributed by atoms with van der Waals surface area (Å²) in [4.78, 5) is 43.1. The highest BCUT2D eigenvalue weighted by molar-refractivity contribution is 6.74. The predicted octanol–water partition coefficient (Wildman–Crippen LogP) is 3.68. The Morgan fingerprint density at radius 3 is 2.62 bits per heavy atom. The van der Waals surface area contributed by atoms with E-state index >= 15 is 0 Å². The third-order valence-corrected chi connectivity index (χ3v) is 12.5. The van der Waals surface area contributed by atoms with E-state index in [0.29, 0.717) is 25.9 Å². The minimum absolute atomic E-state index is 0.0236. The number of allylic oxidation sites excluding steroid dienone is 1. The van der Waals surface area contributed by atoms with E-state index < -0.39 is 31.9 Å². The molecule has 8 nitrogen and oxygen atoms in total. The lowest BCUT2D eigenvalue weighted by Gasteiger charge is -2.38. The van der Waals surface area contributed by atoms with Crippen molar-refractivity contribution in [1.29, 1.82) is 0 Å². The van der Waals surface area contributed by atoms with E-state index in [1.54, 1.807) is 23.8 Å². The Morgan fingerprint density at radius 1 is 1.26 bits per heavy atom. The zero-order valence-corrected chi connectivity index (χ0v) is 23.0.